The molecule has 1 aromatic carbocycles. The van der Waals surface area contributed by atoms with Crippen molar-refractivity contribution in [2.75, 3.05) is 19.6 Å². The Morgan fingerprint density at radius 1 is 1.35 bits per heavy atom. The molecule has 23 heavy (non-hydrogen) atoms. The average Bonchev–Trinajstić information content (AvgIpc) is 3.01. The minimum absolute atomic E-state index is 0.381. The van der Waals surface area contributed by atoms with Crippen LogP contribution in [0, 0.1) is 12.8 Å². The number of fused-ring (bicyclic) bond motifs is 3. The summed E-state index contributed by atoms with van der Waals surface area (Å²) in [6.07, 6.45) is 6.16. The van der Waals surface area contributed by atoms with Gasteiger partial charge in [0.2, 0.25) is 11.7 Å². The molecule has 0 radical (unpaired) electrons. The topological polar surface area (TPSA) is 62.4 Å². The van der Waals surface area contributed by atoms with Crippen LogP contribution in [0.15, 0.2) is 34.9 Å². The summed E-state index contributed by atoms with van der Waals surface area (Å²) in [5, 5.41) is 14.9. The third-order valence-electron chi connectivity index (χ3n) is 5.01. The van der Waals surface area contributed by atoms with E-state index >= 15 is 0 Å². The Kier molecular flexibility index (Phi) is 3.54. The molecule has 3 saturated heterocycles. The number of hydrogen-bond acceptors (Lipinski definition) is 5. The largest absolute Gasteiger partial charge is 0.384 e. The van der Waals surface area contributed by atoms with Gasteiger partial charge in [0.15, 0.2) is 0 Å². The van der Waals surface area contributed by atoms with Gasteiger partial charge in [0.05, 0.1) is 5.60 Å². The third kappa shape index (κ3) is 2.82. The highest BCUT2D eigenvalue weighted by Crippen LogP contribution is 2.36. The number of aromatic nitrogens is 2. The molecule has 0 saturated carbocycles. The predicted molar refractivity (Wildman–Crippen MR) is 87.6 cm³/mol. The summed E-state index contributed by atoms with van der Waals surface area (Å²) < 4.78 is 5.04. The summed E-state index contributed by atoms with van der Waals surface area (Å²) in [5.41, 5.74) is 1.26. The van der Waals surface area contributed by atoms with Gasteiger partial charge in [-0.2, -0.15) is 4.98 Å². The Bertz CT molecular complexity index is 731. The third-order valence-corrected chi connectivity index (χ3v) is 5.01. The smallest absolute Gasteiger partial charge is 0.223 e. The number of piperidine rings is 3. The van der Waals surface area contributed by atoms with E-state index < -0.39 is 5.60 Å². The van der Waals surface area contributed by atoms with Crippen molar-refractivity contribution in [3.05, 3.63) is 41.8 Å². The molecule has 5 nitrogen and oxygen atoms in total. The molecular weight excluding hydrogens is 290 g/mol. The zero-order chi connectivity index (χ0) is 15.9. The highest BCUT2D eigenvalue weighted by molar-refractivity contribution is 5.62. The molecule has 1 unspecified atom stereocenters. The Morgan fingerprint density at radius 2 is 2.17 bits per heavy atom. The maximum absolute atomic E-state index is 10.9. The highest BCUT2D eigenvalue weighted by Gasteiger charge is 2.43. The molecule has 0 amide bonds. The monoisotopic (exact) mass is 311 g/mol. The summed E-state index contributed by atoms with van der Waals surface area (Å²) in [5.74, 6) is 1.54. The SMILES string of the molecule is Cc1nc(-c2cccc(C=CC3(O)CN4CCC3CC4)c2)no1. The number of rotatable bonds is 3. The Morgan fingerprint density at radius 3 is 2.83 bits per heavy atom. The van der Waals surface area contributed by atoms with E-state index in [4.69, 9.17) is 4.52 Å². The van der Waals surface area contributed by atoms with Gasteiger partial charge in [-0.05, 0) is 43.5 Å². The molecule has 5 rings (SSSR count). The summed E-state index contributed by atoms with van der Waals surface area (Å²) in [6, 6.07) is 7.98. The lowest BCUT2D eigenvalue weighted by Gasteiger charge is -2.49. The summed E-state index contributed by atoms with van der Waals surface area (Å²) in [6.45, 7) is 4.77. The van der Waals surface area contributed by atoms with E-state index in [1.807, 2.05) is 36.4 Å². The first kappa shape index (κ1) is 14.6. The first-order valence-corrected chi connectivity index (χ1v) is 8.17. The number of benzene rings is 1. The van der Waals surface area contributed by atoms with Crippen molar-refractivity contribution in [3.8, 4) is 11.4 Å². The van der Waals surface area contributed by atoms with Crippen molar-refractivity contribution in [1.82, 2.24) is 15.0 Å². The van der Waals surface area contributed by atoms with E-state index in [0.29, 0.717) is 17.6 Å². The molecule has 1 N–H and O–H groups in total. The van der Waals surface area contributed by atoms with Gasteiger partial charge in [0.25, 0.3) is 0 Å². The van der Waals surface area contributed by atoms with Crippen LogP contribution in [0.3, 0.4) is 0 Å². The maximum Gasteiger partial charge on any atom is 0.223 e. The molecule has 0 spiro atoms. The molecule has 2 aromatic rings. The van der Waals surface area contributed by atoms with Gasteiger partial charge in [-0.15, -0.1) is 0 Å². The number of aryl methyl sites for hydroxylation is 1. The Hall–Kier alpha value is -1.98. The van der Waals surface area contributed by atoms with Gasteiger partial charge in [-0.3, -0.25) is 0 Å². The lowest BCUT2D eigenvalue weighted by molar-refractivity contribution is -0.0775. The molecule has 3 aliphatic rings. The molecule has 0 aliphatic carbocycles. The van der Waals surface area contributed by atoms with E-state index in [1.165, 1.54) is 0 Å². The zero-order valence-corrected chi connectivity index (χ0v) is 13.3. The van der Waals surface area contributed by atoms with E-state index in [-0.39, 0.29) is 0 Å². The van der Waals surface area contributed by atoms with Gasteiger partial charge < -0.3 is 14.5 Å². The predicted octanol–water partition coefficient (Wildman–Crippen LogP) is 2.51. The minimum Gasteiger partial charge on any atom is -0.384 e. The molecule has 1 atom stereocenters. The molecule has 3 fully saturated rings. The summed E-state index contributed by atoms with van der Waals surface area (Å²) in [7, 11) is 0. The fourth-order valence-corrected chi connectivity index (χ4v) is 3.71. The molecule has 3 aliphatic heterocycles. The molecule has 2 bridgehead atoms. The number of hydrogen-bond donors (Lipinski definition) is 1. The molecule has 4 heterocycles. The van der Waals surface area contributed by atoms with Crippen LogP contribution in [-0.4, -0.2) is 45.4 Å². The normalized spacial score (nSPS) is 30.2. The first-order valence-electron chi connectivity index (χ1n) is 8.17. The van der Waals surface area contributed by atoms with Gasteiger partial charge in [-0.25, -0.2) is 0 Å². The maximum atomic E-state index is 10.9. The standard InChI is InChI=1S/C18H21N3O2/c1-13-19-17(20-23-13)15-4-2-3-14(11-15)5-8-18(22)12-21-9-6-16(18)7-10-21/h2-5,8,11,16,22H,6-7,9-10,12H2,1H3. The summed E-state index contributed by atoms with van der Waals surface area (Å²) >= 11 is 0. The van der Waals surface area contributed by atoms with Crippen LogP contribution >= 0.6 is 0 Å². The van der Waals surface area contributed by atoms with Crippen molar-refractivity contribution in [3.63, 3.8) is 0 Å². The van der Waals surface area contributed by atoms with Crippen LogP contribution < -0.4 is 0 Å². The van der Waals surface area contributed by atoms with Gasteiger partial charge in [0.1, 0.15) is 0 Å². The molecule has 120 valence electrons. The second-order valence-corrected chi connectivity index (χ2v) is 6.64. The molecular formula is C18H21N3O2. The second-order valence-electron chi connectivity index (χ2n) is 6.64. The Labute approximate surface area is 135 Å². The van der Waals surface area contributed by atoms with Gasteiger partial charge >= 0.3 is 0 Å². The van der Waals surface area contributed by atoms with Gasteiger partial charge in [-0.1, -0.05) is 35.5 Å². The van der Waals surface area contributed by atoms with Crippen LogP contribution in [0.2, 0.25) is 0 Å². The van der Waals surface area contributed by atoms with Crippen molar-refractivity contribution < 1.29 is 9.63 Å². The molecule has 5 heteroatoms. The Balaban J connectivity index is 1.57. The average molecular weight is 311 g/mol. The van der Waals surface area contributed by atoms with Crippen molar-refractivity contribution in [1.29, 1.82) is 0 Å². The minimum atomic E-state index is -0.699. The van der Waals surface area contributed by atoms with Crippen molar-refractivity contribution >= 4 is 6.08 Å². The number of aliphatic hydroxyl groups is 1. The quantitative estimate of drug-likeness (QED) is 0.943. The van der Waals surface area contributed by atoms with Crippen LogP contribution in [-0.2, 0) is 0 Å². The van der Waals surface area contributed by atoms with Crippen molar-refractivity contribution in [2.45, 2.75) is 25.4 Å². The highest BCUT2D eigenvalue weighted by atomic mass is 16.5. The number of nitrogens with zero attached hydrogens (tertiary/aromatic N) is 3. The molecule has 1 aromatic heterocycles. The summed E-state index contributed by atoms with van der Waals surface area (Å²) in [4.78, 5) is 6.61. The van der Waals surface area contributed by atoms with Gasteiger partial charge in [0, 0.05) is 19.0 Å². The van der Waals surface area contributed by atoms with Crippen LogP contribution in [0.5, 0.6) is 0 Å². The second kappa shape index (κ2) is 5.58. The lowest BCUT2D eigenvalue weighted by Crippen LogP contribution is -2.58. The lowest BCUT2D eigenvalue weighted by atomic mass is 9.75. The van der Waals surface area contributed by atoms with E-state index in [2.05, 4.69) is 15.0 Å². The zero-order valence-electron chi connectivity index (χ0n) is 13.3. The van der Waals surface area contributed by atoms with Crippen LogP contribution in [0.25, 0.3) is 17.5 Å². The van der Waals surface area contributed by atoms with Crippen LogP contribution in [0.1, 0.15) is 24.3 Å². The van der Waals surface area contributed by atoms with E-state index in [9.17, 15) is 5.11 Å². The van der Waals surface area contributed by atoms with Crippen molar-refractivity contribution in [2.24, 2.45) is 5.92 Å². The fourth-order valence-electron chi connectivity index (χ4n) is 3.71. The van der Waals surface area contributed by atoms with E-state index in [1.54, 1.807) is 6.92 Å². The van der Waals surface area contributed by atoms with Crippen LogP contribution in [0.4, 0.5) is 0 Å². The van der Waals surface area contributed by atoms with E-state index in [0.717, 1.165) is 43.6 Å². The first-order chi connectivity index (χ1) is 11.1. The fraction of sp³-hybridized carbons (Fsp3) is 0.444.